The van der Waals surface area contributed by atoms with Gasteiger partial charge in [0.2, 0.25) is 0 Å². The molecule has 0 spiro atoms. The van der Waals surface area contributed by atoms with Crippen LogP contribution in [0.3, 0.4) is 0 Å². The van der Waals surface area contributed by atoms with E-state index in [0.717, 1.165) is 12.8 Å². The normalized spacial score (nSPS) is 25.3. The van der Waals surface area contributed by atoms with Gasteiger partial charge >= 0.3 is 12.1 Å². The van der Waals surface area contributed by atoms with Crippen molar-refractivity contribution < 1.29 is 19.4 Å². The van der Waals surface area contributed by atoms with E-state index < -0.39 is 11.4 Å². The van der Waals surface area contributed by atoms with Gasteiger partial charge in [-0.1, -0.05) is 48.5 Å². The molecule has 0 bridgehead atoms. The van der Waals surface area contributed by atoms with Crippen LogP contribution in [0.4, 0.5) is 4.79 Å². The zero-order valence-corrected chi connectivity index (χ0v) is 15.6. The third-order valence-corrected chi connectivity index (χ3v) is 6.83. The number of carboxylic acid groups (broad SMARTS) is 1. The first kappa shape index (κ1) is 17.3. The number of ether oxygens (including phenoxy) is 1. The van der Waals surface area contributed by atoms with Gasteiger partial charge in [0.25, 0.3) is 0 Å². The van der Waals surface area contributed by atoms with Crippen molar-refractivity contribution in [2.45, 2.75) is 25.2 Å². The second-order valence-electron chi connectivity index (χ2n) is 8.19. The fourth-order valence-electron chi connectivity index (χ4n) is 5.06. The second kappa shape index (κ2) is 6.36. The minimum atomic E-state index is -0.716. The third kappa shape index (κ3) is 2.60. The average molecular weight is 377 g/mol. The summed E-state index contributed by atoms with van der Waals surface area (Å²) >= 11 is 0. The van der Waals surface area contributed by atoms with Crippen LogP contribution in [0.1, 0.15) is 36.3 Å². The minimum Gasteiger partial charge on any atom is -0.481 e. The Kier molecular flexibility index (Phi) is 3.93. The van der Waals surface area contributed by atoms with Crippen LogP contribution >= 0.6 is 0 Å². The molecule has 1 N–H and O–H groups in total. The SMILES string of the molecule is O=C(OCC1c2ccccc2-c2ccccc21)N1CCC2CC2(C(=O)O)CC1. The van der Waals surface area contributed by atoms with Crippen molar-refractivity contribution in [3.05, 3.63) is 59.7 Å². The largest absolute Gasteiger partial charge is 0.481 e. The summed E-state index contributed by atoms with van der Waals surface area (Å²) in [6.45, 7) is 1.34. The highest BCUT2D eigenvalue weighted by Gasteiger charge is 2.60. The topological polar surface area (TPSA) is 66.8 Å². The average Bonchev–Trinajstić information content (AvgIpc) is 3.37. The maximum Gasteiger partial charge on any atom is 0.409 e. The van der Waals surface area contributed by atoms with Crippen molar-refractivity contribution in [3.8, 4) is 11.1 Å². The Morgan fingerprint density at radius 3 is 2.32 bits per heavy atom. The molecule has 0 radical (unpaired) electrons. The fraction of sp³-hybridized carbons (Fsp3) is 0.391. The molecular formula is C23H23NO4. The zero-order valence-electron chi connectivity index (χ0n) is 15.6. The highest BCUT2D eigenvalue weighted by atomic mass is 16.6. The van der Waals surface area contributed by atoms with E-state index in [4.69, 9.17) is 4.74 Å². The maximum absolute atomic E-state index is 12.7. The molecule has 1 amide bonds. The lowest BCUT2D eigenvalue weighted by molar-refractivity contribution is -0.144. The lowest BCUT2D eigenvalue weighted by Crippen LogP contribution is -2.34. The highest BCUT2D eigenvalue weighted by molar-refractivity contribution is 5.80. The molecule has 2 atom stereocenters. The Balaban J connectivity index is 1.28. The van der Waals surface area contributed by atoms with Crippen LogP contribution in [0.5, 0.6) is 0 Å². The summed E-state index contributed by atoms with van der Waals surface area (Å²) in [7, 11) is 0. The molecule has 2 unspecified atom stereocenters. The molecule has 5 rings (SSSR count). The Labute approximate surface area is 163 Å². The molecule has 1 saturated heterocycles. The van der Waals surface area contributed by atoms with Gasteiger partial charge in [0, 0.05) is 19.0 Å². The van der Waals surface area contributed by atoms with Crippen LogP contribution in [0.25, 0.3) is 11.1 Å². The monoisotopic (exact) mass is 377 g/mol. The van der Waals surface area contributed by atoms with E-state index in [-0.39, 0.29) is 17.9 Å². The molecule has 1 aliphatic heterocycles. The third-order valence-electron chi connectivity index (χ3n) is 6.83. The zero-order chi connectivity index (χ0) is 19.3. The first-order valence-corrected chi connectivity index (χ1v) is 9.93. The lowest BCUT2D eigenvalue weighted by Gasteiger charge is -2.22. The van der Waals surface area contributed by atoms with Crippen molar-refractivity contribution in [3.63, 3.8) is 0 Å². The molecule has 2 fully saturated rings. The van der Waals surface area contributed by atoms with Crippen LogP contribution in [0.2, 0.25) is 0 Å². The number of fused-ring (bicyclic) bond motifs is 4. The van der Waals surface area contributed by atoms with Gasteiger partial charge in [-0.3, -0.25) is 4.79 Å². The summed E-state index contributed by atoms with van der Waals surface area (Å²) in [5, 5.41) is 9.49. The van der Waals surface area contributed by atoms with Gasteiger partial charge in [-0.05, 0) is 47.4 Å². The Bertz CT molecular complexity index is 910. The maximum atomic E-state index is 12.7. The van der Waals surface area contributed by atoms with E-state index in [9.17, 15) is 14.7 Å². The summed E-state index contributed by atoms with van der Waals surface area (Å²) in [6, 6.07) is 16.5. The predicted octanol–water partition coefficient (Wildman–Crippen LogP) is 4.12. The lowest BCUT2D eigenvalue weighted by atomic mass is 9.98. The molecule has 2 aliphatic carbocycles. The number of amides is 1. The van der Waals surface area contributed by atoms with E-state index in [1.165, 1.54) is 22.3 Å². The van der Waals surface area contributed by atoms with Crippen molar-refractivity contribution >= 4 is 12.1 Å². The van der Waals surface area contributed by atoms with Gasteiger partial charge < -0.3 is 14.7 Å². The standard InChI is InChI=1S/C23H23NO4/c25-21(26)23-10-12-24(11-9-15(23)13-23)22(27)28-14-20-18-7-3-1-5-16(18)17-6-2-4-8-19(17)20/h1-8,15,20H,9-14H2,(H,25,26). The molecule has 1 heterocycles. The van der Waals surface area contributed by atoms with Gasteiger partial charge in [0.1, 0.15) is 6.61 Å². The fourth-order valence-corrected chi connectivity index (χ4v) is 5.06. The van der Waals surface area contributed by atoms with Crippen LogP contribution < -0.4 is 0 Å². The number of carbonyl (C=O) groups excluding carboxylic acids is 1. The number of benzene rings is 2. The molecule has 2 aromatic rings. The number of rotatable bonds is 3. The Hall–Kier alpha value is -2.82. The Morgan fingerprint density at radius 1 is 1.04 bits per heavy atom. The predicted molar refractivity (Wildman–Crippen MR) is 104 cm³/mol. The molecule has 5 nitrogen and oxygen atoms in total. The van der Waals surface area contributed by atoms with Gasteiger partial charge in [0.15, 0.2) is 0 Å². The van der Waals surface area contributed by atoms with Crippen molar-refractivity contribution in [2.24, 2.45) is 11.3 Å². The molecule has 3 aliphatic rings. The second-order valence-corrected chi connectivity index (χ2v) is 8.19. The van der Waals surface area contributed by atoms with E-state index in [1.807, 2.05) is 24.3 Å². The number of likely N-dealkylation sites (tertiary alicyclic amines) is 1. The van der Waals surface area contributed by atoms with Crippen molar-refractivity contribution in [1.29, 1.82) is 0 Å². The first-order chi connectivity index (χ1) is 13.6. The van der Waals surface area contributed by atoms with Gasteiger partial charge in [-0.2, -0.15) is 0 Å². The van der Waals surface area contributed by atoms with E-state index >= 15 is 0 Å². The molecule has 144 valence electrons. The van der Waals surface area contributed by atoms with Crippen LogP contribution in [-0.4, -0.2) is 41.8 Å². The van der Waals surface area contributed by atoms with E-state index in [1.54, 1.807) is 4.90 Å². The molecule has 5 heteroatoms. The van der Waals surface area contributed by atoms with Crippen molar-refractivity contribution in [1.82, 2.24) is 4.90 Å². The number of nitrogens with zero attached hydrogens (tertiary/aromatic N) is 1. The van der Waals surface area contributed by atoms with Gasteiger partial charge in [0.05, 0.1) is 5.41 Å². The smallest absolute Gasteiger partial charge is 0.409 e. The molecule has 28 heavy (non-hydrogen) atoms. The van der Waals surface area contributed by atoms with Crippen LogP contribution in [-0.2, 0) is 9.53 Å². The summed E-state index contributed by atoms with van der Waals surface area (Å²) in [6.07, 6.45) is 1.69. The molecular weight excluding hydrogens is 354 g/mol. The summed E-state index contributed by atoms with van der Waals surface area (Å²) in [4.78, 5) is 25.9. The Morgan fingerprint density at radius 2 is 1.68 bits per heavy atom. The first-order valence-electron chi connectivity index (χ1n) is 9.93. The quantitative estimate of drug-likeness (QED) is 0.874. The van der Waals surface area contributed by atoms with Crippen LogP contribution in [0, 0.1) is 11.3 Å². The summed E-state index contributed by atoms with van der Waals surface area (Å²) < 4.78 is 5.72. The summed E-state index contributed by atoms with van der Waals surface area (Å²) in [5.74, 6) is -0.467. The molecule has 0 aromatic heterocycles. The number of hydrogen-bond donors (Lipinski definition) is 1. The van der Waals surface area contributed by atoms with Crippen molar-refractivity contribution in [2.75, 3.05) is 19.7 Å². The number of carboxylic acids is 1. The van der Waals surface area contributed by atoms with E-state index in [2.05, 4.69) is 24.3 Å². The van der Waals surface area contributed by atoms with Crippen LogP contribution in [0.15, 0.2) is 48.5 Å². The van der Waals surface area contributed by atoms with Gasteiger partial charge in [-0.25, -0.2) is 4.79 Å². The van der Waals surface area contributed by atoms with E-state index in [0.29, 0.717) is 26.1 Å². The highest BCUT2D eigenvalue weighted by Crippen LogP contribution is 2.58. The minimum absolute atomic E-state index is 0.0436. The summed E-state index contributed by atoms with van der Waals surface area (Å²) in [5.41, 5.74) is 4.20. The molecule has 2 aromatic carbocycles. The van der Waals surface area contributed by atoms with Gasteiger partial charge in [-0.15, -0.1) is 0 Å². The number of aliphatic carboxylic acids is 1. The molecule has 1 saturated carbocycles. The number of carbonyl (C=O) groups is 2. The number of hydrogen-bond acceptors (Lipinski definition) is 3.